The third-order valence-corrected chi connectivity index (χ3v) is 4.05. The van der Waals surface area contributed by atoms with Crippen LogP contribution in [-0.2, 0) is 0 Å². The van der Waals surface area contributed by atoms with E-state index in [0.29, 0.717) is 12.1 Å². The van der Waals surface area contributed by atoms with Crippen LogP contribution in [0.2, 0.25) is 0 Å². The SMILES string of the molecule is CC(C)n1c(NC2CCCCC2)nc2ccccc21. The molecule has 1 aromatic carbocycles. The maximum absolute atomic E-state index is 4.78. The number of hydrogen-bond acceptors (Lipinski definition) is 2. The van der Waals surface area contributed by atoms with Crippen LogP contribution >= 0.6 is 0 Å². The largest absolute Gasteiger partial charge is 0.353 e. The van der Waals surface area contributed by atoms with E-state index in [9.17, 15) is 0 Å². The minimum Gasteiger partial charge on any atom is -0.353 e. The molecular formula is C16H23N3. The summed E-state index contributed by atoms with van der Waals surface area (Å²) in [6.45, 7) is 4.44. The van der Waals surface area contributed by atoms with Gasteiger partial charge < -0.3 is 9.88 Å². The second-order valence-electron chi connectivity index (χ2n) is 5.87. The van der Waals surface area contributed by atoms with Gasteiger partial charge in [0.25, 0.3) is 0 Å². The molecule has 1 N–H and O–H groups in total. The standard InChI is InChI=1S/C16H23N3/c1-12(2)19-15-11-7-6-10-14(15)18-16(19)17-13-8-4-3-5-9-13/h6-7,10-13H,3-5,8-9H2,1-2H3,(H,17,18). The van der Waals surface area contributed by atoms with E-state index in [1.165, 1.54) is 37.6 Å². The second kappa shape index (κ2) is 5.24. The van der Waals surface area contributed by atoms with Gasteiger partial charge in [-0.05, 0) is 38.8 Å². The van der Waals surface area contributed by atoms with Gasteiger partial charge in [0, 0.05) is 12.1 Å². The molecule has 1 saturated carbocycles. The van der Waals surface area contributed by atoms with E-state index in [1.54, 1.807) is 0 Å². The first-order valence-corrected chi connectivity index (χ1v) is 7.49. The molecule has 0 saturated heterocycles. The molecule has 1 fully saturated rings. The summed E-state index contributed by atoms with van der Waals surface area (Å²) in [5.74, 6) is 1.04. The first kappa shape index (κ1) is 12.5. The Hall–Kier alpha value is -1.51. The molecule has 3 heteroatoms. The first-order valence-electron chi connectivity index (χ1n) is 7.49. The fourth-order valence-electron chi connectivity index (χ4n) is 3.10. The lowest BCUT2D eigenvalue weighted by atomic mass is 9.96. The monoisotopic (exact) mass is 257 g/mol. The van der Waals surface area contributed by atoms with Gasteiger partial charge in [-0.1, -0.05) is 31.4 Å². The van der Waals surface area contributed by atoms with Crippen LogP contribution in [0.1, 0.15) is 52.0 Å². The van der Waals surface area contributed by atoms with Gasteiger partial charge in [-0.3, -0.25) is 0 Å². The van der Waals surface area contributed by atoms with Crippen LogP contribution in [-0.4, -0.2) is 15.6 Å². The predicted molar refractivity (Wildman–Crippen MR) is 80.6 cm³/mol. The van der Waals surface area contributed by atoms with Crippen LogP contribution in [0.25, 0.3) is 11.0 Å². The Balaban J connectivity index is 1.95. The molecule has 0 bridgehead atoms. The minimum absolute atomic E-state index is 0.429. The Kier molecular flexibility index (Phi) is 3.45. The molecule has 0 radical (unpaired) electrons. The van der Waals surface area contributed by atoms with Crippen molar-refractivity contribution in [3.8, 4) is 0 Å². The van der Waals surface area contributed by atoms with Gasteiger partial charge in [0.15, 0.2) is 0 Å². The highest BCUT2D eigenvalue weighted by Gasteiger charge is 2.18. The van der Waals surface area contributed by atoms with Gasteiger partial charge in [-0.2, -0.15) is 0 Å². The predicted octanol–water partition coefficient (Wildman–Crippen LogP) is 4.36. The van der Waals surface area contributed by atoms with Crippen molar-refractivity contribution in [2.45, 2.75) is 58.0 Å². The third-order valence-electron chi connectivity index (χ3n) is 4.05. The molecule has 0 spiro atoms. The Morgan fingerprint density at radius 1 is 1.16 bits per heavy atom. The van der Waals surface area contributed by atoms with Crippen LogP contribution in [0, 0.1) is 0 Å². The zero-order valence-corrected chi connectivity index (χ0v) is 11.9. The van der Waals surface area contributed by atoms with Crippen LogP contribution in [0.5, 0.6) is 0 Å². The van der Waals surface area contributed by atoms with Gasteiger partial charge in [-0.15, -0.1) is 0 Å². The van der Waals surface area contributed by atoms with E-state index in [0.717, 1.165) is 11.5 Å². The molecule has 1 aliphatic rings. The van der Waals surface area contributed by atoms with Crippen molar-refractivity contribution in [3.05, 3.63) is 24.3 Å². The average molecular weight is 257 g/mol. The molecule has 19 heavy (non-hydrogen) atoms. The highest BCUT2D eigenvalue weighted by molar-refractivity contribution is 5.78. The van der Waals surface area contributed by atoms with Gasteiger partial charge >= 0.3 is 0 Å². The molecule has 1 aliphatic carbocycles. The number of para-hydroxylation sites is 2. The fourth-order valence-corrected chi connectivity index (χ4v) is 3.10. The number of anilines is 1. The molecule has 3 nitrogen and oxygen atoms in total. The summed E-state index contributed by atoms with van der Waals surface area (Å²) in [7, 11) is 0. The highest BCUT2D eigenvalue weighted by Crippen LogP contribution is 2.27. The Bertz CT molecular complexity index is 550. The fraction of sp³-hybridized carbons (Fsp3) is 0.562. The van der Waals surface area contributed by atoms with E-state index in [-0.39, 0.29) is 0 Å². The van der Waals surface area contributed by atoms with Crippen LogP contribution in [0.4, 0.5) is 5.95 Å². The number of hydrogen-bond donors (Lipinski definition) is 1. The number of nitrogens with zero attached hydrogens (tertiary/aromatic N) is 2. The number of aromatic nitrogens is 2. The van der Waals surface area contributed by atoms with Crippen LogP contribution < -0.4 is 5.32 Å². The van der Waals surface area contributed by atoms with Crippen molar-refractivity contribution >= 4 is 17.0 Å². The summed E-state index contributed by atoms with van der Waals surface area (Å²) in [6.07, 6.45) is 6.64. The molecule has 1 heterocycles. The van der Waals surface area contributed by atoms with Gasteiger partial charge in [0.1, 0.15) is 0 Å². The third kappa shape index (κ3) is 2.46. The molecule has 3 rings (SSSR count). The number of rotatable bonds is 3. The Labute approximate surface area is 115 Å². The van der Waals surface area contributed by atoms with Gasteiger partial charge in [0.2, 0.25) is 5.95 Å². The van der Waals surface area contributed by atoms with Gasteiger partial charge in [0.05, 0.1) is 11.0 Å². The molecule has 2 aromatic rings. The van der Waals surface area contributed by atoms with Crippen molar-refractivity contribution < 1.29 is 0 Å². The number of benzene rings is 1. The smallest absolute Gasteiger partial charge is 0.204 e. The quantitative estimate of drug-likeness (QED) is 0.885. The molecule has 0 aliphatic heterocycles. The second-order valence-corrected chi connectivity index (χ2v) is 5.87. The van der Waals surface area contributed by atoms with E-state index >= 15 is 0 Å². The number of nitrogens with one attached hydrogen (secondary N) is 1. The summed E-state index contributed by atoms with van der Waals surface area (Å²) >= 11 is 0. The topological polar surface area (TPSA) is 29.9 Å². The summed E-state index contributed by atoms with van der Waals surface area (Å²) in [6, 6.07) is 9.44. The van der Waals surface area contributed by atoms with E-state index < -0.39 is 0 Å². The normalized spacial score (nSPS) is 17.2. The van der Waals surface area contributed by atoms with Crippen LogP contribution in [0.15, 0.2) is 24.3 Å². The first-order chi connectivity index (χ1) is 9.25. The molecule has 0 amide bonds. The van der Waals surface area contributed by atoms with Crippen molar-refractivity contribution in [3.63, 3.8) is 0 Å². The van der Waals surface area contributed by atoms with Crippen molar-refractivity contribution in [2.75, 3.05) is 5.32 Å². The van der Waals surface area contributed by atoms with E-state index in [1.807, 2.05) is 0 Å². The van der Waals surface area contributed by atoms with Crippen molar-refractivity contribution in [1.82, 2.24) is 9.55 Å². The number of fused-ring (bicyclic) bond motifs is 1. The summed E-state index contributed by atoms with van der Waals surface area (Å²) in [5.41, 5.74) is 2.32. The lowest BCUT2D eigenvalue weighted by Gasteiger charge is -2.24. The lowest BCUT2D eigenvalue weighted by Crippen LogP contribution is -2.24. The average Bonchev–Trinajstić information content (AvgIpc) is 2.77. The van der Waals surface area contributed by atoms with Crippen LogP contribution in [0.3, 0.4) is 0 Å². The zero-order chi connectivity index (χ0) is 13.2. The van der Waals surface area contributed by atoms with Gasteiger partial charge in [-0.25, -0.2) is 4.98 Å². The highest BCUT2D eigenvalue weighted by atomic mass is 15.2. The molecular weight excluding hydrogens is 234 g/mol. The summed E-state index contributed by atoms with van der Waals surface area (Å²) in [5, 5.41) is 3.67. The zero-order valence-electron chi connectivity index (χ0n) is 11.9. The minimum atomic E-state index is 0.429. The number of imidazole rings is 1. The maximum Gasteiger partial charge on any atom is 0.204 e. The lowest BCUT2D eigenvalue weighted by molar-refractivity contribution is 0.457. The summed E-state index contributed by atoms with van der Waals surface area (Å²) < 4.78 is 2.32. The molecule has 1 aromatic heterocycles. The Morgan fingerprint density at radius 2 is 1.89 bits per heavy atom. The summed E-state index contributed by atoms with van der Waals surface area (Å²) in [4.78, 5) is 4.78. The molecule has 102 valence electrons. The Morgan fingerprint density at radius 3 is 2.63 bits per heavy atom. The van der Waals surface area contributed by atoms with Crippen molar-refractivity contribution in [1.29, 1.82) is 0 Å². The molecule has 0 unspecified atom stereocenters. The molecule has 0 atom stereocenters. The van der Waals surface area contributed by atoms with E-state index in [4.69, 9.17) is 4.98 Å². The van der Waals surface area contributed by atoms with E-state index in [2.05, 4.69) is 48.0 Å². The van der Waals surface area contributed by atoms with Crippen molar-refractivity contribution in [2.24, 2.45) is 0 Å². The maximum atomic E-state index is 4.78.